The lowest BCUT2D eigenvalue weighted by Crippen LogP contribution is -2.35. The highest BCUT2D eigenvalue weighted by Crippen LogP contribution is 2.44. The minimum Gasteiger partial charge on any atom is -0.504 e. The molecule has 2 aromatic rings. The van der Waals surface area contributed by atoms with Crippen LogP contribution in [0.2, 0.25) is 0 Å². The zero-order valence-corrected chi connectivity index (χ0v) is 14.2. The maximum absolute atomic E-state index is 12.8. The molecule has 1 N–H and O–H groups in total. The summed E-state index contributed by atoms with van der Waals surface area (Å²) in [5.74, 6) is -1.21. The number of thiophene rings is 1. The maximum atomic E-state index is 12.8. The van der Waals surface area contributed by atoms with Crippen molar-refractivity contribution in [3.8, 4) is 0 Å². The predicted octanol–water partition coefficient (Wildman–Crippen LogP) is 2.72. The molecule has 0 spiro atoms. The van der Waals surface area contributed by atoms with E-state index in [1.54, 1.807) is 24.3 Å². The number of rotatable bonds is 3. The number of ether oxygens (including phenoxy) is 1. The topological polar surface area (TPSA) is 83.9 Å². The van der Waals surface area contributed by atoms with Crippen molar-refractivity contribution in [3.05, 3.63) is 34.8 Å². The van der Waals surface area contributed by atoms with Crippen LogP contribution in [0, 0.1) is 0 Å². The monoisotopic (exact) mass is 353 g/mol. The van der Waals surface area contributed by atoms with Crippen LogP contribution in [0.5, 0.6) is 0 Å². The molecule has 0 aliphatic carbocycles. The zero-order valence-electron chi connectivity index (χ0n) is 12.6. The van der Waals surface area contributed by atoms with Crippen LogP contribution in [0.3, 0.4) is 0 Å². The van der Waals surface area contributed by atoms with E-state index in [1.165, 1.54) is 7.05 Å². The molecule has 23 heavy (non-hydrogen) atoms. The minimum atomic E-state index is -3.93. The third-order valence-corrected chi connectivity index (χ3v) is 6.70. The van der Waals surface area contributed by atoms with Crippen LogP contribution in [0.1, 0.15) is 18.2 Å². The highest BCUT2D eigenvalue weighted by Gasteiger charge is 2.41. The quantitative estimate of drug-likeness (QED) is 0.858. The molecule has 0 amide bonds. The molecule has 3 rings (SSSR count). The Hall–Kier alpha value is -2.06. The number of nitrogens with zero attached hydrogens (tertiary/aromatic N) is 1. The summed E-state index contributed by atoms with van der Waals surface area (Å²) in [4.78, 5) is 12.4. The van der Waals surface area contributed by atoms with E-state index in [1.807, 2.05) is 6.92 Å². The smallest absolute Gasteiger partial charge is 0.359 e. The van der Waals surface area contributed by atoms with Gasteiger partial charge in [0, 0.05) is 17.1 Å². The first-order valence-electron chi connectivity index (χ1n) is 7.00. The van der Waals surface area contributed by atoms with Crippen molar-refractivity contribution in [2.24, 2.45) is 0 Å². The molecule has 0 atom stereocenters. The molecule has 0 bridgehead atoms. The van der Waals surface area contributed by atoms with Crippen LogP contribution in [0.15, 0.2) is 34.9 Å². The average molecular weight is 353 g/mol. The van der Waals surface area contributed by atoms with E-state index in [0.29, 0.717) is 11.8 Å². The molecule has 0 radical (unpaired) electrons. The van der Waals surface area contributed by atoms with E-state index in [0.717, 1.165) is 20.3 Å². The molecule has 1 aliphatic heterocycles. The van der Waals surface area contributed by atoms with Crippen molar-refractivity contribution in [1.29, 1.82) is 0 Å². The molecular formula is C15H15NO5S2. The van der Waals surface area contributed by atoms with Gasteiger partial charge in [0.2, 0.25) is 0 Å². The second-order valence-electron chi connectivity index (χ2n) is 5.06. The molecule has 0 saturated heterocycles. The van der Waals surface area contributed by atoms with E-state index in [2.05, 4.69) is 0 Å². The normalized spacial score (nSPS) is 16.5. The van der Waals surface area contributed by atoms with E-state index in [4.69, 9.17) is 4.74 Å². The van der Waals surface area contributed by atoms with Crippen LogP contribution in [0.25, 0.3) is 15.8 Å². The maximum Gasteiger partial charge on any atom is 0.359 e. The number of aliphatic hydroxyl groups is 1. The van der Waals surface area contributed by atoms with Gasteiger partial charge in [0.05, 0.1) is 11.5 Å². The minimum absolute atomic E-state index is 0.0325. The van der Waals surface area contributed by atoms with Gasteiger partial charge in [-0.25, -0.2) is 13.2 Å². The van der Waals surface area contributed by atoms with E-state index >= 15 is 0 Å². The summed E-state index contributed by atoms with van der Waals surface area (Å²) in [6, 6.07) is 6.98. The Bertz CT molecular complexity index is 926. The first kappa shape index (κ1) is 15.8. The lowest BCUT2D eigenvalue weighted by atomic mass is 10.2. The number of esters is 1. The van der Waals surface area contributed by atoms with Gasteiger partial charge >= 0.3 is 5.97 Å². The molecule has 0 unspecified atom stereocenters. The lowest BCUT2D eigenvalue weighted by molar-refractivity contribution is -0.140. The summed E-state index contributed by atoms with van der Waals surface area (Å²) in [5.41, 5.74) is -0.350. The number of hydrogen-bond acceptors (Lipinski definition) is 6. The third kappa shape index (κ3) is 2.29. The SMILES string of the molecule is CCCOC(=O)C1=C(O)c2sc3ccccc3c2S(=O)(=O)N1C. The Morgan fingerprint density at radius 2 is 2.04 bits per heavy atom. The predicted molar refractivity (Wildman–Crippen MR) is 87.6 cm³/mol. The van der Waals surface area contributed by atoms with Crippen molar-refractivity contribution in [2.75, 3.05) is 13.7 Å². The lowest BCUT2D eigenvalue weighted by Gasteiger charge is -2.26. The summed E-state index contributed by atoms with van der Waals surface area (Å²) in [7, 11) is -2.69. The Morgan fingerprint density at radius 3 is 2.74 bits per heavy atom. The first-order valence-corrected chi connectivity index (χ1v) is 9.26. The van der Waals surface area contributed by atoms with Crippen molar-refractivity contribution in [1.82, 2.24) is 4.31 Å². The number of carbonyl (C=O) groups excluding carboxylic acids is 1. The van der Waals surface area contributed by atoms with E-state index in [9.17, 15) is 18.3 Å². The Morgan fingerprint density at radius 1 is 1.35 bits per heavy atom. The standard InChI is InChI=1S/C15H15NO5S2/c1-3-8-21-15(18)11-12(17)13-14(23(19,20)16(11)2)9-6-4-5-7-10(9)22-13/h4-7,17H,3,8H2,1-2H3. The first-order chi connectivity index (χ1) is 10.9. The summed E-state index contributed by atoms with van der Waals surface area (Å²) in [6.07, 6.45) is 0.602. The van der Waals surface area contributed by atoms with Gasteiger partial charge in [-0.2, -0.15) is 0 Å². The summed E-state index contributed by atoms with van der Waals surface area (Å²) < 4.78 is 32.1. The second kappa shape index (κ2) is 5.54. The number of hydrogen-bond donors (Lipinski definition) is 1. The van der Waals surface area contributed by atoms with Gasteiger partial charge in [0.1, 0.15) is 4.90 Å². The molecular weight excluding hydrogens is 338 g/mol. The molecule has 1 aromatic carbocycles. The van der Waals surface area contributed by atoms with Crippen LogP contribution >= 0.6 is 11.3 Å². The number of benzene rings is 1. The number of carbonyl (C=O) groups is 1. The molecule has 1 aliphatic rings. The van der Waals surface area contributed by atoms with Gasteiger partial charge in [-0.3, -0.25) is 4.31 Å². The van der Waals surface area contributed by atoms with Crippen LogP contribution < -0.4 is 0 Å². The summed E-state index contributed by atoms with van der Waals surface area (Å²) >= 11 is 1.14. The largest absolute Gasteiger partial charge is 0.504 e. The molecule has 1 aromatic heterocycles. The Kier molecular flexibility index (Phi) is 3.81. The number of aliphatic hydroxyl groups excluding tert-OH is 1. The van der Waals surface area contributed by atoms with E-state index in [-0.39, 0.29) is 27.8 Å². The second-order valence-corrected chi connectivity index (χ2v) is 8.02. The number of likely N-dealkylation sites (N-methyl/N-ethyl adjacent to an activating group) is 1. The van der Waals surface area contributed by atoms with E-state index < -0.39 is 16.0 Å². The number of sulfonamides is 1. The van der Waals surface area contributed by atoms with Gasteiger partial charge < -0.3 is 9.84 Å². The Labute approximate surface area is 137 Å². The molecule has 2 heterocycles. The van der Waals surface area contributed by atoms with Gasteiger partial charge in [0.15, 0.2) is 11.5 Å². The highest BCUT2D eigenvalue weighted by molar-refractivity contribution is 7.89. The Balaban J connectivity index is 2.27. The summed E-state index contributed by atoms with van der Waals surface area (Å²) in [6.45, 7) is 1.98. The molecule has 6 nitrogen and oxygen atoms in total. The van der Waals surface area contributed by atoms with Crippen molar-refractivity contribution in [2.45, 2.75) is 18.2 Å². The van der Waals surface area contributed by atoms with Gasteiger partial charge in [-0.05, 0) is 12.5 Å². The van der Waals surface area contributed by atoms with Gasteiger partial charge in [-0.15, -0.1) is 11.3 Å². The van der Waals surface area contributed by atoms with Crippen molar-refractivity contribution >= 4 is 43.2 Å². The molecule has 8 heteroatoms. The van der Waals surface area contributed by atoms with Crippen LogP contribution in [-0.2, 0) is 19.6 Å². The average Bonchev–Trinajstić information content (AvgIpc) is 2.92. The molecule has 0 fully saturated rings. The highest BCUT2D eigenvalue weighted by atomic mass is 32.2. The molecule has 122 valence electrons. The molecule has 0 saturated carbocycles. The van der Waals surface area contributed by atoms with Crippen LogP contribution in [-0.4, -0.2) is 37.5 Å². The fourth-order valence-corrected chi connectivity index (χ4v) is 5.45. The van der Waals surface area contributed by atoms with Gasteiger partial charge in [0.25, 0.3) is 10.0 Å². The summed E-state index contributed by atoms with van der Waals surface area (Å²) in [5, 5.41) is 11.0. The van der Waals surface area contributed by atoms with Gasteiger partial charge in [-0.1, -0.05) is 25.1 Å². The third-order valence-electron chi connectivity index (χ3n) is 3.55. The van der Waals surface area contributed by atoms with Crippen molar-refractivity contribution in [3.63, 3.8) is 0 Å². The van der Waals surface area contributed by atoms with Crippen molar-refractivity contribution < 1.29 is 23.1 Å². The zero-order chi connectivity index (χ0) is 16.8. The number of fused-ring (bicyclic) bond motifs is 3. The fraction of sp³-hybridized carbons (Fsp3) is 0.267. The fourth-order valence-electron chi connectivity index (χ4n) is 2.44. The van der Waals surface area contributed by atoms with Crippen LogP contribution in [0.4, 0.5) is 0 Å².